The summed E-state index contributed by atoms with van der Waals surface area (Å²) in [5.41, 5.74) is 7.30. The molecular formula is C40H33ClF6N14O4. The minimum absolute atomic E-state index is 0.00828. The summed E-state index contributed by atoms with van der Waals surface area (Å²) >= 11 is 5.63. The lowest BCUT2D eigenvalue weighted by molar-refractivity contribution is -0.138. The zero-order chi connectivity index (χ0) is 47.1. The van der Waals surface area contributed by atoms with Gasteiger partial charge in [0.1, 0.15) is 46.4 Å². The number of carbonyl (C=O) groups excluding carboxylic acids is 4. The summed E-state index contributed by atoms with van der Waals surface area (Å²) in [4.78, 5) is 68.4. The molecule has 0 aliphatic carbocycles. The molecule has 18 nitrogen and oxygen atoms in total. The van der Waals surface area contributed by atoms with Crippen LogP contribution in [0.25, 0.3) is 0 Å². The molecule has 0 saturated heterocycles. The number of aromatic nitrogens is 6. The third-order valence-electron chi connectivity index (χ3n) is 9.02. The average Bonchev–Trinajstić information content (AvgIpc) is 3.82. The molecule has 65 heavy (non-hydrogen) atoms. The molecule has 0 radical (unpaired) electrons. The van der Waals surface area contributed by atoms with Gasteiger partial charge in [0, 0.05) is 67.7 Å². The van der Waals surface area contributed by atoms with Crippen LogP contribution in [0.2, 0.25) is 5.15 Å². The van der Waals surface area contributed by atoms with Crippen molar-refractivity contribution in [2.24, 2.45) is 0 Å². The van der Waals surface area contributed by atoms with E-state index >= 15 is 0 Å². The zero-order valence-corrected chi connectivity index (χ0v) is 34.3. The maximum atomic E-state index is 13.6. The molecule has 8 rings (SSSR count). The number of nitrogens with one attached hydrogen (secondary N) is 7. The van der Waals surface area contributed by atoms with E-state index in [1.807, 2.05) is 12.1 Å². The zero-order valence-electron chi connectivity index (χ0n) is 33.5. The number of carbonyl (C=O) groups is 4. The van der Waals surface area contributed by atoms with Gasteiger partial charge in [0.05, 0.1) is 35.3 Å². The quantitative estimate of drug-likeness (QED) is 0.0453. The van der Waals surface area contributed by atoms with Gasteiger partial charge in [0.25, 0.3) is 11.8 Å². The molecule has 2 aromatic carbocycles. The van der Waals surface area contributed by atoms with E-state index in [2.05, 4.69) is 67.1 Å². The highest BCUT2D eigenvalue weighted by atomic mass is 35.5. The number of nitrogens with zero attached hydrogens (tertiary/aromatic N) is 6. The Bertz CT molecular complexity index is 2790. The van der Waals surface area contributed by atoms with E-state index in [0.717, 1.165) is 41.6 Å². The minimum atomic E-state index is -4.70. The van der Waals surface area contributed by atoms with Crippen LogP contribution in [-0.4, -0.2) is 67.6 Å². The van der Waals surface area contributed by atoms with Gasteiger partial charge < -0.3 is 43.0 Å². The van der Waals surface area contributed by atoms with E-state index < -0.39 is 35.3 Å². The number of nitrogen functional groups attached to an aromatic ring is 1. The number of hydrogen-bond donors (Lipinski definition) is 8. The fraction of sp³-hybridized carbons (Fsp3) is 0.150. The summed E-state index contributed by atoms with van der Waals surface area (Å²) in [6, 6.07) is 12.7. The van der Waals surface area contributed by atoms with Gasteiger partial charge in [-0.1, -0.05) is 17.7 Å². The van der Waals surface area contributed by atoms with Crippen LogP contribution >= 0.6 is 11.6 Å². The molecule has 336 valence electrons. The van der Waals surface area contributed by atoms with Crippen LogP contribution in [-0.2, 0) is 34.8 Å². The Labute approximate surface area is 368 Å². The molecule has 0 bridgehead atoms. The molecule has 0 unspecified atom stereocenters. The highest BCUT2D eigenvalue weighted by Gasteiger charge is 2.36. The van der Waals surface area contributed by atoms with Gasteiger partial charge in [-0.25, -0.2) is 29.9 Å². The Hall–Kier alpha value is -8.15. The van der Waals surface area contributed by atoms with Crippen molar-refractivity contribution in [1.29, 1.82) is 0 Å². The monoisotopic (exact) mass is 922 g/mol. The van der Waals surface area contributed by atoms with Crippen LogP contribution in [0.3, 0.4) is 0 Å². The molecule has 0 fully saturated rings. The number of benzene rings is 2. The molecule has 4 aromatic heterocycles. The van der Waals surface area contributed by atoms with Crippen molar-refractivity contribution in [3.8, 4) is 0 Å². The summed E-state index contributed by atoms with van der Waals surface area (Å²) in [7, 11) is 2.76. The summed E-state index contributed by atoms with van der Waals surface area (Å²) in [5, 5.41) is 18.0. The van der Waals surface area contributed by atoms with Crippen molar-refractivity contribution in [2.45, 2.75) is 25.2 Å². The van der Waals surface area contributed by atoms with Gasteiger partial charge in [0.15, 0.2) is 0 Å². The van der Waals surface area contributed by atoms with Crippen LogP contribution < -0.4 is 43.0 Å². The third-order valence-corrected chi connectivity index (χ3v) is 9.23. The van der Waals surface area contributed by atoms with Crippen molar-refractivity contribution in [3.63, 3.8) is 0 Å². The normalized spacial score (nSPS) is 12.4. The van der Waals surface area contributed by atoms with E-state index in [-0.39, 0.29) is 63.3 Å². The van der Waals surface area contributed by atoms with Gasteiger partial charge in [-0.2, -0.15) is 26.3 Å². The maximum Gasteiger partial charge on any atom is 0.419 e. The molecule has 0 spiro atoms. The maximum absolute atomic E-state index is 13.6. The lowest BCUT2D eigenvalue weighted by Crippen LogP contribution is -2.20. The van der Waals surface area contributed by atoms with Crippen LogP contribution in [0, 0.1) is 0 Å². The van der Waals surface area contributed by atoms with Gasteiger partial charge in [-0.05, 0) is 47.5 Å². The number of hydrogen-bond acceptors (Lipinski definition) is 14. The van der Waals surface area contributed by atoms with Crippen molar-refractivity contribution < 1.29 is 45.5 Å². The predicted octanol–water partition coefficient (Wildman–Crippen LogP) is 6.64. The molecule has 9 N–H and O–H groups in total. The lowest BCUT2D eigenvalue weighted by Gasteiger charge is -2.17. The number of rotatable bonds is 8. The van der Waals surface area contributed by atoms with Crippen molar-refractivity contribution in [1.82, 2.24) is 40.5 Å². The Morgan fingerprint density at radius 1 is 0.646 bits per heavy atom. The number of halogens is 7. The fourth-order valence-electron chi connectivity index (χ4n) is 6.02. The van der Waals surface area contributed by atoms with Crippen LogP contribution in [0.15, 0.2) is 86.0 Å². The Kier molecular flexibility index (Phi) is 13.9. The number of pyridine rings is 2. The smallest absolute Gasteiger partial charge is 0.399 e. The van der Waals surface area contributed by atoms with Crippen LogP contribution in [0.5, 0.6) is 0 Å². The molecule has 25 heteroatoms. The van der Waals surface area contributed by atoms with Crippen molar-refractivity contribution in [2.75, 3.05) is 46.4 Å². The number of anilines is 9. The van der Waals surface area contributed by atoms with Gasteiger partial charge in [0.2, 0.25) is 11.8 Å². The SMILES string of the molecule is CNC(=O)c1cncnc1Nc1cc(Cl)ncc1C(F)(F)F.CNC(=O)c1cncnc1Nc1cc(Nc2ccc3c(c2)NC(=O)C3)ncc1C(F)(F)F.Nc1ccc2c(c1)CC(=O)N2. The first-order chi connectivity index (χ1) is 30.8. The van der Waals surface area contributed by atoms with Gasteiger partial charge in [-0.3, -0.25) is 19.2 Å². The molecule has 0 atom stereocenters. The second-order valence-electron chi connectivity index (χ2n) is 13.5. The molecule has 2 aliphatic rings. The van der Waals surface area contributed by atoms with E-state index in [1.165, 1.54) is 26.5 Å². The average molecular weight is 923 g/mol. The fourth-order valence-corrected chi connectivity index (χ4v) is 6.17. The highest BCUT2D eigenvalue weighted by molar-refractivity contribution is 6.29. The van der Waals surface area contributed by atoms with Gasteiger partial charge >= 0.3 is 12.4 Å². The third kappa shape index (κ3) is 11.7. The number of nitrogens with two attached hydrogens (primary N) is 1. The molecule has 2 aliphatic heterocycles. The van der Waals surface area contributed by atoms with Crippen LogP contribution in [0.1, 0.15) is 43.0 Å². The standard InChI is InChI=1S/C20H16F3N7O2.C12H9ClF3N5O.C8H8N2O/c1-24-19(32)12-7-25-9-27-18(12)30-15-6-16(26-8-13(15)20(21,22)23)28-11-3-2-10-4-17(31)29-14(10)5-11;1-17-11(22)6-3-18-5-20-10(6)21-8-2-9(13)19-4-7(8)12(14,15)16;9-6-1-2-7-5(3-6)4-8(11)10-7/h2-3,5-9H,4H2,1H3,(H,24,32)(H,29,31)(H2,25,26,27,28,30);2-5H,1H3,(H,17,22)(H,18,19,20,21);1-3H,4,9H2,(H,10,11). The second-order valence-corrected chi connectivity index (χ2v) is 13.9. The van der Waals surface area contributed by atoms with Gasteiger partial charge in [-0.15, -0.1) is 0 Å². The van der Waals surface area contributed by atoms with E-state index in [0.29, 0.717) is 35.9 Å². The second kappa shape index (κ2) is 19.5. The molecule has 6 aromatic rings. The largest absolute Gasteiger partial charge is 0.419 e. The number of alkyl halides is 6. The Morgan fingerprint density at radius 2 is 1.18 bits per heavy atom. The summed E-state index contributed by atoms with van der Waals surface area (Å²) in [6.45, 7) is 0. The number of amides is 4. The van der Waals surface area contributed by atoms with E-state index in [4.69, 9.17) is 17.3 Å². The van der Waals surface area contributed by atoms with E-state index in [9.17, 15) is 45.5 Å². The van der Waals surface area contributed by atoms with Crippen molar-refractivity contribution >= 4 is 86.8 Å². The first-order valence-electron chi connectivity index (χ1n) is 18.6. The lowest BCUT2D eigenvalue weighted by atomic mass is 10.1. The molecule has 6 heterocycles. The Morgan fingerprint density at radius 3 is 1.75 bits per heavy atom. The highest BCUT2D eigenvalue weighted by Crippen LogP contribution is 2.39. The Balaban J connectivity index is 0.000000182. The summed E-state index contributed by atoms with van der Waals surface area (Å²) < 4.78 is 79.6. The molecule has 0 saturated carbocycles. The van der Waals surface area contributed by atoms with E-state index in [1.54, 1.807) is 24.3 Å². The van der Waals surface area contributed by atoms with Crippen LogP contribution in [0.4, 0.5) is 77.9 Å². The molecular weight excluding hydrogens is 890 g/mol. The first kappa shape index (κ1) is 46.4. The first-order valence-corrected chi connectivity index (χ1v) is 19.0. The predicted molar refractivity (Wildman–Crippen MR) is 226 cm³/mol. The number of fused-ring (bicyclic) bond motifs is 2. The topological polar surface area (TPSA) is 256 Å². The molecule has 4 amide bonds. The minimum Gasteiger partial charge on any atom is -0.399 e. The van der Waals surface area contributed by atoms with Crippen molar-refractivity contribution in [3.05, 3.63) is 125 Å². The summed E-state index contributed by atoms with van der Waals surface area (Å²) in [5.74, 6) is -1.26. The summed E-state index contributed by atoms with van der Waals surface area (Å²) in [6.07, 6.45) is -2.73.